The van der Waals surface area contributed by atoms with Crippen LogP contribution in [0.2, 0.25) is 0 Å². The maximum atomic E-state index is 11.6. The van der Waals surface area contributed by atoms with E-state index in [0.29, 0.717) is 28.9 Å². The highest BCUT2D eigenvalue weighted by Gasteiger charge is 2.28. The summed E-state index contributed by atoms with van der Waals surface area (Å²) in [5, 5.41) is 4.20. The molecule has 0 N–H and O–H groups in total. The number of aryl methyl sites for hydroxylation is 1. The summed E-state index contributed by atoms with van der Waals surface area (Å²) in [6.45, 7) is 0. The van der Waals surface area contributed by atoms with Gasteiger partial charge in [0.1, 0.15) is 18.2 Å². The minimum Gasteiger partial charge on any atom is -0.493 e. The van der Waals surface area contributed by atoms with E-state index >= 15 is 0 Å². The highest BCUT2D eigenvalue weighted by atomic mass is 16.5. The van der Waals surface area contributed by atoms with Crippen LogP contribution < -0.4 is 14.2 Å². The van der Waals surface area contributed by atoms with Gasteiger partial charge in [-0.2, -0.15) is 5.10 Å². The standard InChI is InChI=1S/C19H22N4O4/c1-22-14(11-24)13-10-20-23(2)19(13)21-17(22)7-6-12-8-15(25-3)18(27-5)16(9-12)26-4/h6-11,14H,1-5H3. The number of carbonyl (C=O) groups is 1. The molecule has 0 saturated heterocycles. The molecule has 0 bridgehead atoms. The fourth-order valence-electron chi connectivity index (χ4n) is 3.02. The number of amidine groups is 1. The monoisotopic (exact) mass is 370 g/mol. The molecule has 0 spiro atoms. The van der Waals surface area contributed by atoms with Gasteiger partial charge in [0.05, 0.1) is 27.5 Å². The van der Waals surface area contributed by atoms with Crippen molar-refractivity contribution in [3.05, 3.63) is 35.5 Å². The summed E-state index contributed by atoms with van der Waals surface area (Å²) < 4.78 is 17.8. The molecular formula is C19H22N4O4. The average molecular weight is 370 g/mol. The number of ether oxygens (including phenoxy) is 3. The van der Waals surface area contributed by atoms with Gasteiger partial charge in [-0.3, -0.25) is 4.68 Å². The second-order valence-corrected chi connectivity index (χ2v) is 6.00. The number of aliphatic imine (C=N–C) groups is 1. The number of aldehydes is 1. The van der Waals surface area contributed by atoms with E-state index < -0.39 is 6.04 Å². The molecule has 0 radical (unpaired) electrons. The number of aromatic nitrogens is 2. The van der Waals surface area contributed by atoms with Gasteiger partial charge in [0.2, 0.25) is 5.75 Å². The van der Waals surface area contributed by atoms with Gasteiger partial charge in [0, 0.05) is 19.7 Å². The minimum atomic E-state index is -0.425. The number of nitrogens with zero attached hydrogens (tertiary/aromatic N) is 4. The molecule has 1 unspecified atom stereocenters. The fraction of sp³-hybridized carbons (Fsp3) is 0.316. The maximum Gasteiger partial charge on any atom is 0.203 e. The van der Waals surface area contributed by atoms with Gasteiger partial charge < -0.3 is 23.9 Å². The summed E-state index contributed by atoms with van der Waals surface area (Å²) in [6, 6.07) is 3.26. The Kier molecular flexibility index (Phi) is 5.16. The van der Waals surface area contributed by atoms with Crippen LogP contribution in [0.3, 0.4) is 0 Å². The third-order valence-corrected chi connectivity index (χ3v) is 4.49. The second kappa shape index (κ2) is 7.53. The summed E-state index contributed by atoms with van der Waals surface area (Å²) in [4.78, 5) is 18.0. The molecule has 3 rings (SSSR count). The van der Waals surface area contributed by atoms with E-state index in [1.807, 2.05) is 36.2 Å². The maximum absolute atomic E-state index is 11.6. The Morgan fingerprint density at radius 2 is 1.70 bits per heavy atom. The summed E-state index contributed by atoms with van der Waals surface area (Å²) in [7, 11) is 8.33. The highest BCUT2D eigenvalue weighted by Crippen LogP contribution is 2.38. The van der Waals surface area contributed by atoms with E-state index in [2.05, 4.69) is 10.1 Å². The molecule has 1 aliphatic rings. The van der Waals surface area contributed by atoms with Crippen LogP contribution in [-0.2, 0) is 11.8 Å². The molecule has 8 heteroatoms. The third kappa shape index (κ3) is 3.25. The number of carbonyl (C=O) groups excluding carboxylic acids is 1. The molecule has 2 heterocycles. The number of methoxy groups -OCH3 is 3. The number of hydrogen-bond acceptors (Lipinski definition) is 7. The largest absolute Gasteiger partial charge is 0.493 e. The summed E-state index contributed by atoms with van der Waals surface area (Å²) in [5.41, 5.74) is 1.64. The number of rotatable bonds is 6. The van der Waals surface area contributed by atoms with Gasteiger partial charge >= 0.3 is 0 Å². The summed E-state index contributed by atoms with van der Waals surface area (Å²) in [5.74, 6) is 2.99. The van der Waals surface area contributed by atoms with Gasteiger partial charge in [-0.1, -0.05) is 6.08 Å². The lowest BCUT2D eigenvalue weighted by atomic mass is 10.1. The van der Waals surface area contributed by atoms with Crippen molar-refractivity contribution in [2.24, 2.45) is 12.0 Å². The lowest BCUT2D eigenvalue weighted by molar-refractivity contribution is -0.111. The number of likely N-dealkylation sites (N-methyl/N-ethyl adjacent to an activating group) is 1. The first-order valence-electron chi connectivity index (χ1n) is 8.30. The van der Waals surface area contributed by atoms with Crippen molar-refractivity contribution in [2.75, 3.05) is 28.4 Å². The Morgan fingerprint density at radius 3 is 2.26 bits per heavy atom. The van der Waals surface area contributed by atoms with Crippen LogP contribution in [0.5, 0.6) is 17.2 Å². The predicted octanol–water partition coefficient (Wildman–Crippen LogP) is 2.37. The lowest BCUT2D eigenvalue weighted by Gasteiger charge is -2.29. The normalized spacial score (nSPS) is 16.1. The first-order chi connectivity index (χ1) is 13.0. The molecule has 2 aromatic rings. The van der Waals surface area contributed by atoms with Crippen molar-refractivity contribution >= 4 is 24.0 Å². The number of fused-ring (bicyclic) bond motifs is 1. The lowest BCUT2D eigenvalue weighted by Crippen LogP contribution is -2.33. The van der Waals surface area contributed by atoms with Crippen LogP contribution in [0.15, 0.2) is 29.4 Å². The van der Waals surface area contributed by atoms with Crippen LogP contribution >= 0.6 is 0 Å². The Bertz CT molecular complexity index is 891. The fourth-order valence-corrected chi connectivity index (χ4v) is 3.02. The van der Waals surface area contributed by atoms with Crippen molar-refractivity contribution in [1.82, 2.24) is 14.7 Å². The van der Waals surface area contributed by atoms with E-state index in [9.17, 15) is 4.79 Å². The SMILES string of the molecule is COc1cc(C=CC2=Nc3c(cnn3C)C(C=O)N2C)cc(OC)c1OC. The summed E-state index contributed by atoms with van der Waals surface area (Å²) >= 11 is 0. The zero-order valence-corrected chi connectivity index (χ0v) is 16.0. The molecule has 1 aliphatic heterocycles. The molecule has 1 aromatic carbocycles. The first kappa shape index (κ1) is 18.5. The Balaban J connectivity index is 2.00. The second-order valence-electron chi connectivity index (χ2n) is 6.00. The van der Waals surface area contributed by atoms with Crippen molar-refractivity contribution in [1.29, 1.82) is 0 Å². The highest BCUT2D eigenvalue weighted by molar-refractivity contribution is 6.01. The van der Waals surface area contributed by atoms with Crippen LogP contribution in [0.4, 0.5) is 5.82 Å². The molecule has 27 heavy (non-hydrogen) atoms. The molecule has 1 atom stereocenters. The predicted molar refractivity (Wildman–Crippen MR) is 102 cm³/mol. The quantitative estimate of drug-likeness (QED) is 0.727. The van der Waals surface area contributed by atoms with E-state index in [1.54, 1.807) is 39.3 Å². The third-order valence-electron chi connectivity index (χ3n) is 4.49. The minimum absolute atomic E-state index is 0.425. The van der Waals surface area contributed by atoms with Crippen LogP contribution in [0, 0.1) is 0 Å². The van der Waals surface area contributed by atoms with E-state index in [0.717, 1.165) is 17.4 Å². The van der Waals surface area contributed by atoms with Crippen LogP contribution in [-0.4, -0.2) is 55.2 Å². The molecule has 1 aromatic heterocycles. The Labute approximate surface area is 157 Å². The van der Waals surface area contributed by atoms with Gasteiger partial charge in [-0.05, 0) is 23.8 Å². The molecule has 0 saturated carbocycles. The molecule has 0 fully saturated rings. The van der Waals surface area contributed by atoms with Crippen LogP contribution in [0.1, 0.15) is 17.2 Å². The molecular weight excluding hydrogens is 348 g/mol. The number of hydrogen-bond donors (Lipinski definition) is 0. The van der Waals surface area contributed by atoms with Gasteiger partial charge in [0.15, 0.2) is 17.3 Å². The zero-order chi connectivity index (χ0) is 19.6. The smallest absolute Gasteiger partial charge is 0.203 e. The molecule has 0 amide bonds. The topological polar surface area (TPSA) is 78.2 Å². The van der Waals surface area contributed by atoms with Gasteiger partial charge in [-0.25, -0.2) is 4.99 Å². The van der Waals surface area contributed by atoms with E-state index in [4.69, 9.17) is 14.2 Å². The molecule has 142 valence electrons. The Morgan fingerprint density at radius 1 is 1.04 bits per heavy atom. The average Bonchev–Trinajstić information content (AvgIpc) is 3.05. The van der Waals surface area contributed by atoms with Gasteiger partial charge in [-0.15, -0.1) is 0 Å². The van der Waals surface area contributed by atoms with Crippen molar-refractivity contribution in [3.8, 4) is 17.2 Å². The van der Waals surface area contributed by atoms with Gasteiger partial charge in [0.25, 0.3) is 0 Å². The van der Waals surface area contributed by atoms with Crippen LogP contribution in [0.25, 0.3) is 6.08 Å². The molecule has 0 aliphatic carbocycles. The summed E-state index contributed by atoms with van der Waals surface area (Å²) in [6.07, 6.45) is 6.28. The zero-order valence-electron chi connectivity index (χ0n) is 16.0. The Hall–Kier alpha value is -3.29. The van der Waals surface area contributed by atoms with Crippen molar-refractivity contribution < 1.29 is 19.0 Å². The van der Waals surface area contributed by atoms with E-state index in [-0.39, 0.29) is 0 Å². The first-order valence-corrected chi connectivity index (χ1v) is 8.30. The molecule has 8 nitrogen and oxygen atoms in total. The van der Waals surface area contributed by atoms with Crippen molar-refractivity contribution in [2.45, 2.75) is 6.04 Å². The van der Waals surface area contributed by atoms with E-state index in [1.165, 1.54) is 0 Å². The van der Waals surface area contributed by atoms with Crippen molar-refractivity contribution in [3.63, 3.8) is 0 Å². The number of benzene rings is 1.